The van der Waals surface area contributed by atoms with Gasteiger partial charge in [-0.05, 0) is 53.4 Å². The molecule has 0 spiro atoms. The highest BCUT2D eigenvalue weighted by Crippen LogP contribution is 2.41. The standard InChI is InChI=1S/C27H27FN4O2/c1-2-18-10-12-21(13-11-18)29-25(33)17-32-27(34)23-16-31(15-19-6-5-7-20(28)14-19)24-9-4-3-8-22(24)26(23)30-32/h3-14,23,26,30H,2,15-17H2,1H3,(H,29,33). The van der Waals surface area contributed by atoms with Crippen LogP contribution in [0.15, 0.2) is 72.8 Å². The third-order valence-electron chi connectivity index (χ3n) is 6.52. The van der Waals surface area contributed by atoms with Gasteiger partial charge in [0.15, 0.2) is 0 Å². The zero-order valence-corrected chi connectivity index (χ0v) is 19.0. The number of rotatable bonds is 6. The van der Waals surface area contributed by atoms with Crippen LogP contribution >= 0.6 is 0 Å². The minimum atomic E-state index is -0.333. The van der Waals surface area contributed by atoms with E-state index in [9.17, 15) is 14.0 Å². The molecule has 0 aliphatic carbocycles. The number of benzene rings is 3. The third-order valence-corrected chi connectivity index (χ3v) is 6.52. The van der Waals surface area contributed by atoms with Gasteiger partial charge in [0.25, 0.3) is 0 Å². The molecule has 34 heavy (non-hydrogen) atoms. The Morgan fingerprint density at radius 2 is 1.85 bits per heavy atom. The molecule has 2 heterocycles. The van der Waals surface area contributed by atoms with Crippen molar-refractivity contribution in [3.05, 3.63) is 95.3 Å². The minimum absolute atomic E-state index is 0.0760. The van der Waals surface area contributed by atoms with E-state index in [1.54, 1.807) is 6.07 Å². The normalized spacial score (nSPS) is 19.1. The summed E-state index contributed by atoms with van der Waals surface area (Å²) in [6.45, 7) is 2.99. The largest absolute Gasteiger partial charge is 0.366 e. The number of nitrogens with zero attached hydrogens (tertiary/aromatic N) is 2. The van der Waals surface area contributed by atoms with E-state index in [1.165, 1.54) is 22.7 Å². The van der Waals surface area contributed by atoms with Gasteiger partial charge in [0.05, 0.1) is 12.0 Å². The van der Waals surface area contributed by atoms with Gasteiger partial charge in [-0.3, -0.25) is 14.6 Å². The van der Waals surface area contributed by atoms with E-state index in [4.69, 9.17) is 0 Å². The molecule has 3 aromatic carbocycles. The van der Waals surface area contributed by atoms with Gasteiger partial charge < -0.3 is 10.2 Å². The zero-order valence-electron chi connectivity index (χ0n) is 19.0. The number of hydrazine groups is 1. The molecule has 2 aliphatic rings. The Labute approximate surface area is 198 Å². The first-order valence-electron chi connectivity index (χ1n) is 11.6. The summed E-state index contributed by atoms with van der Waals surface area (Å²) in [4.78, 5) is 28.1. The summed E-state index contributed by atoms with van der Waals surface area (Å²) in [6, 6.07) is 22.0. The molecule has 7 heteroatoms. The molecule has 1 fully saturated rings. The molecule has 0 bridgehead atoms. The second-order valence-electron chi connectivity index (χ2n) is 8.81. The molecule has 5 rings (SSSR count). The first kappa shape index (κ1) is 22.1. The van der Waals surface area contributed by atoms with E-state index < -0.39 is 0 Å². The predicted octanol–water partition coefficient (Wildman–Crippen LogP) is 4.05. The fourth-order valence-electron chi connectivity index (χ4n) is 4.81. The molecule has 174 valence electrons. The summed E-state index contributed by atoms with van der Waals surface area (Å²) in [5, 5.41) is 4.29. The van der Waals surface area contributed by atoms with Gasteiger partial charge in [-0.2, -0.15) is 0 Å². The number of para-hydroxylation sites is 1. The molecule has 1 saturated heterocycles. The SMILES string of the molecule is CCc1ccc(NC(=O)CN2NC3c4ccccc4N(Cc4cccc(F)c4)CC3C2=O)cc1. The number of fused-ring (bicyclic) bond motifs is 3. The average Bonchev–Trinajstić information content (AvgIpc) is 3.15. The van der Waals surface area contributed by atoms with Crippen molar-refractivity contribution in [2.24, 2.45) is 5.92 Å². The van der Waals surface area contributed by atoms with Crippen molar-refractivity contribution in [3.8, 4) is 0 Å². The molecule has 2 atom stereocenters. The van der Waals surface area contributed by atoms with Crippen molar-refractivity contribution in [1.29, 1.82) is 0 Å². The van der Waals surface area contributed by atoms with Crippen LogP contribution in [0.1, 0.15) is 29.7 Å². The first-order valence-corrected chi connectivity index (χ1v) is 11.6. The zero-order chi connectivity index (χ0) is 23.7. The molecule has 2 aliphatic heterocycles. The fraction of sp³-hybridized carbons (Fsp3) is 0.259. The highest BCUT2D eigenvalue weighted by Gasteiger charge is 2.46. The summed E-state index contributed by atoms with van der Waals surface area (Å²) in [5.41, 5.74) is 8.02. The topological polar surface area (TPSA) is 64.7 Å². The summed E-state index contributed by atoms with van der Waals surface area (Å²) in [5.74, 6) is -0.977. The number of hydrogen-bond acceptors (Lipinski definition) is 4. The van der Waals surface area contributed by atoms with Crippen molar-refractivity contribution in [2.45, 2.75) is 25.9 Å². The van der Waals surface area contributed by atoms with E-state index in [1.807, 2.05) is 54.6 Å². The Kier molecular flexibility index (Phi) is 6.02. The highest BCUT2D eigenvalue weighted by molar-refractivity contribution is 5.95. The van der Waals surface area contributed by atoms with Gasteiger partial charge in [0.2, 0.25) is 11.8 Å². The fourth-order valence-corrected chi connectivity index (χ4v) is 4.81. The Morgan fingerprint density at radius 1 is 1.06 bits per heavy atom. The molecule has 0 aromatic heterocycles. The molecule has 6 nitrogen and oxygen atoms in total. The molecule has 2 amide bonds. The van der Waals surface area contributed by atoms with E-state index in [0.717, 1.165) is 23.2 Å². The maximum atomic E-state index is 13.7. The first-order chi connectivity index (χ1) is 16.5. The molecule has 0 saturated carbocycles. The number of hydrogen-bond donors (Lipinski definition) is 2. The lowest BCUT2D eigenvalue weighted by molar-refractivity contribution is -0.135. The Hall–Kier alpha value is -3.71. The minimum Gasteiger partial charge on any atom is -0.366 e. The molecule has 2 N–H and O–H groups in total. The van der Waals surface area contributed by atoms with Crippen LogP contribution in [-0.4, -0.2) is 29.9 Å². The van der Waals surface area contributed by atoms with Crippen LogP contribution in [0, 0.1) is 11.7 Å². The van der Waals surface area contributed by atoms with Crippen LogP contribution < -0.4 is 15.6 Å². The van der Waals surface area contributed by atoms with Gasteiger partial charge >= 0.3 is 0 Å². The van der Waals surface area contributed by atoms with Crippen molar-refractivity contribution in [1.82, 2.24) is 10.4 Å². The number of carbonyl (C=O) groups is 2. The van der Waals surface area contributed by atoms with Crippen LogP contribution in [0.5, 0.6) is 0 Å². The van der Waals surface area contributed by atoms with Gasteiger partial charge in [-0.15, -0.1) is 0 Å². The molecule has 0 radical (unpaired) electrons. The van der Waals surface area contributed by atoms with Crippen LogP contribution in [0.2, 0.25) is 0 Å². The van der Waals surface area contributed by atoms with Crippen molar-refractivity contribution < 1.29 is 14.0 Å². The number of amides is 2. The Bertz CT molecular complexity index is 1210. The molecular formula is C27H27FN4O2. The number of aryl methyl sites for hydroxylation is 1. The van der Waals surface area contributed by atoms with Gasteiger partial charge in [0.1, 0.15) is 12.4 Å². The third kappa shape index (κ3) is 4.39. The van der Waals surface area contributed by atoms with E-state index >= 15 is 0 Å². The van der Waals surface area contributed by atoms with Crippen molar-refractivity contribution in [2.75, 3.05) is 23.3 Å². The lowest BCUT2D eigenvalue weighted by Gasteiger charge is -2.36. The lowest BCUT2D eigenvalue weighted by Crippen LogP contribution is -2.41. The quantitative estimate of drug-likeness (QED) is 0.585. The van der Waals surface area contributed by atoms with Crippen LogP contribution in [-0.2, 0) is 22.6 Å². The van der Waals surface area contributed by atoms with E-state index in [0.29, 0.717) is 18.8 Å². The summed E-state index contributed by atoms with van der Waals surface area (Å²) < 4.78 is 13.7. The number of anilines is 2. The van der Waals surface area contributed by atoms with Crippen LogP contribution in [0.4, 0.5) is 15.8 Å². The van der Waals surface area contributed by atoms with E-state index in [-0.39, 0.29) is 36.1 Å². The van der Waals surface area contributed by atoms with Crippen LogP contribution in [0.3, 0.4) is 0 Å². The monoisotopic (exact) mass is 458 g/mol. The number of carbonyl (C=O) groups excluding carboxylic acids is 2. The maximum absolute atomic E-state index is 13.7. The molecule has 2 unspecified atom stereocenters. The van der Waals surface area contributed by atoms with Gasteiger partial charge in [-0.1, -0.05) is 49.4 Å². The highest BCUT2D eigenvalue weighted by atomic mass is 19.1. The van der Waals surface area contributed by atoms with Gasteiger partial charge in [-0.25, -0.2) is 9.82 Å². The number of nitrogens with one attached hydrogen (secondary N) is 2. The Morgan fingerprint density at radius 3 is 2.62 bits per heavy atom. The smallest absolute Gasteiger partial charge is 0.245 e. The van der Waals surface area contributed by atoms with Crippen molar-refractivity contribution in [3.63, 3.8) is 0 Å². The summed E-state index contributed by atoms with van der Waals surface area (Å²) in [7, 11) is 0. The predicted molar refractivity (Wildman–Crippen MR) is 129 cm³/mol. The molecule has 3 aromatic rings. The second-order valence-corrected chi connectivity index (χ2v) is 8.81. The second kappa shape index (κ2) is 9.27. The average molecular weight is 459 g/mol. The summed E-state index contributed by atoms with van der Waals surface area (Å²) >= 11 is 0. The number of halogens is 1. The Balaban J connectivity index is 1.31. The van der Waals surface area contributed by atoms with Crippen molar-refractivity contribution >= 4 is 23.2 Å². The van der Waals surface area contributed by atoms with Gasteiger partial charge in [0, 0.05) is 24.5 Å². The lowest BCUT2D eigenvalue weighted by atomic mass is 9.88. The van der Waals surface area contributed by atoms with E-state index in [2.05, 4.69) is 22.6 Å². The van der Waals surface area contributed by atoms with Crippen LogP contribution in [0.25, 0.3) is 0 Å². The summed E-state index contributed by atoms with van der Waals surface area (Å²) in [6.07, 6.45) is 0.931. The maximum Gasteiger partial charge on any atom is 0.245 e. The molecular weight excluding hydrogens is 431 g/mol.